The van der Waals surface area contributed by atoms with Crippen molar-refractivity contribution in [1.82, 2.24) is 0 Å². The monoisotopic (exact) mass is 432 g/mol. The average Bonchev–Trinajstić information content (AvgIpc) is 2.78. The second-order valence-electron chi connectivity index (χ2n) is 9.68. The van der Waals surface area contributed by atoms with Crippen molar-refractivity contribution in [2.45, 2.75) is 84.0 Å². The van der Waals surface area contributed by atoms with Crippen molar-refractivity contribution in [3.8, 4) is 5.75 Å². The predicted molar refractivity (Wildman–Crippen MR) is 120 cm³/mol. The van der Waals surface area contributed by atoms with E-state index < -0.39 is 17.5 Å². The van der Waals surface area contributed by atoms with E-state index in [1.54, 1.807) is 19.1 Å². The molecule has 0 spiro atoms. The second kappa shape index (κ2) is 9.83. The van der Waals surface area contributed by atoms with Crippen LogP contribution < -0.4 is 4.74 Å². The summed E-state index contributed by atoms with van der Waals surface area (Å²) >= 11 is 0. The van der Waals surface area contributed by atoms with E-state index in [2.05, 4.69) is 6.92 Å². The fourth-order valence-electron chi connectivity index (χ4n) is 6.21. The number of halogens is 3. The molecule has 31 heavy (non-hydrogen) atoms. The number of rotatable bonds is 6. The van der Waals surface area contributed by atoms with Crippen LogP contribution in [-0.2, 0) is 0 Å². The molecule has 0 bridgehead atoms. The average molecular weight is 433 g/mol. The number of ether oxygens (including phenoxy) is 1. The molecule has 2 aliphatic carbocycles. The zero-order valence-electron chi connectivity index (χ0n) is 18.9. The van der Waals surface area contributed by atoms with Crippen LogP contribution >= 0.6 is 0 Å². The third kappa shape index (κ3) is 4.59. The van der Waals surface area contributed by atoms with Crippen LogP contribution in [0.4, 0.5) is 13.2 Å². The lowest BCUT2D eigenvalue weighted by molar-refractivity contribution is 0.156. The first kappa shape index (κ1) is 22.5. The minimum Gasteiger partial charge on any atom is -0.491 e. The van der Waals surface area contributed by atoms with Gasteiger partial charge in [0.2, 0.25) is 5.82 Å². The Morgan fingerprint density at radius 3 is 2.06 bits per heavy atom. The molecule has 0 heterocycles. The van der Waals surface area contributed by atoms with Gasteiger partial charge in [-0.1, -0.05) is 44.7 Å². The van der Waals surface area contributed by atoms with Crippen LogP contribution in [0.2, 0.25) is 0 Å². The minimum atomic E-state index is -1.14. The Morgan fingerprint density at radius 2 is 1.45 bits per heavy atom. The van der Waals surface area contributed by atoms with Gasteiger partial charge in [0.1, 0.15) is 5.82 Å². The summed E-state index contributed by atoms with van der Waals surface area (Å²) < 4.78 is 49.5. The number of hydrogen-bond acceptors (Lipinski definition) is 1. The van der Waals surface area contributed by atoms with Crippen molar-refractivity contribution in [1.29, 1.82) is 0 Å². The third-order valence-electron chi connectivity index (χ3n) is 7.89. The highest BCUT2D eigenvalue weighted by Gasteiger charge is 2.32. The van der Waals surface area contributed by atoms with Gasteiger partial charge in [0, 0.05) is 0 Å². The Morgan fingerprint density at radius 1 is 0.806 bits per heavy atom. The third-order valence-corrected chi connectivity index (χ3v) is 7.89. The molecule has 4 rings (SSSR count). The zero-order chi connectivity index (χ0) is 22.0. The molecule has 2 fully saturated rings. The molecule has 0 amide bonds. The molecule has 2 saturated carbocycles. The van der Waals surface area contributed by atoms with Gasteiger partial charge in [-0.05, 0) is 86.1 Å². The Balaban J connectivity index is 1.46. The van der Waals surface area contributed by atoms with E-state index >= 15 is 4.39 Å². The molecule has 0 saturated heterocycles. The van der Waals surface area contributed by atoms with Gasteiger partial charge in [0.05, 0.1) is 12.0 Å². The smallest absolute Gasteiger partial charge is 0.201 e. The van der Waals surface area contributed by atoms with E-state index in [0.717, 1.165) is 43.4 Å². The topological polar surface area (TPSA) is 9.23 Å². The summed E-state index contributed by atoms with van der Waals surface area (Å²) in [6.45, 7) is 4.21. The lowest BCUT2D eigenvalue weighted by atomic mass is 9.68. The first-order valence-electron chi connectivity index (χ1n) is 12.3. The highest BCUT2D eigenvalue weighted by molar-refractivity contribution is 5.86. The first-order chi connectivity index (χ1) is 15.0. The standard InChI is InChI=1S/C27H35F3O/c1-3-5-17-6-8-18(9-7-17)19-10-12-20(13-11-19)22-15-14-21-16-23(31-4-2)26(29)27(30)24(21)25(22)28/h14-20H,3-13H2,1-2H3. The van der Waals surface area contributed by atoms with Crippen molar-refractivity contribution in [2.75, 3.05) is 6.61 Å². The highest BCUT2D eigenvalue weighted by atomic mass is 19.2. The van der Waals surface area contributed by atoms with E-state index in [0.29, 0.717) is 10.9 Å². The Kier molecular flexibility index (Phi) is 7.13. The maximum Gasteiger partial charge on any atom is 0.201 e. The van der Waals surface area contributed by atoms with Crippen LogP contribution in [0.15, 0.2) is 18.2 Å². The molecule has 0 aliphatic heterocycles. The largest absolute Gasteiger partial charge is 0.491 e. The fourth-order valence-corrected chi connectivity index (χ4v) is 6.21. The van der Waals surface area contributed by atoms with E-state index in [1.807, 2.05) is 0 Å². The summed E-state index contributed by atoms with van der Waals surface area (Å²) in [6.07, 6.45) is 12.2. The molecule has 2 aromatic carbocycles. The van der Waals surface area contributed by atoms with Crippen LogP contribution in [0.3, 0.4) is 0 Å². The molecule has 0 unspecified atom stereocenters. The van der Waals surface area contributed by atoms with Crippen LogP contribution in [0.1, 0.15) is 89.5 Å². The quantitative estimate of drug-likeness (QED) is 0.444. The van der Waals surface area contributed by atoms with Gasteiger partial charge >= 0.3 is 0 Å². The minimum absolute atomic E-state index is 0.0890. The van der Waals surface area contributed by atoms with E-state index in [9.17, 15) is 8.78 Å². The van der Waals surface area contributed by atoms with Gasteiger partial charge < -0.3 is 4.74 Å². The van der Waals surface area contributed by atoms with Crippen molar-refractivity contribution < 1.29 is 17.9 Å². The molecular weight excluding hydrogens is 397 g/mol. The molecule has 0 radical (unpaired) electrons. The summed E-state index contributed by atoms with van der Waals surface area (Å²) in [5.41, 5.74) is 0.542. The van der Waals surface area contributed by atoms with Gasteiger partial charge in [-0.3, -0.25) is 0 Å². The van der Waals surface area contributed by atoms with Crippen molar-refractivity contribution in [2.24, 2.45) is 17.8 Å². The van der Waals surface area contributed by atoms with E-state index in [-0.39, 0.29) is 23.7 Å². The normalized spacial score (nSPS) is 26.9. The molecule has 4 heteroatoms. The summed E-state index contributed by atoms with van der Waals surface area (Å²) in [4.78, 5) is 0. The van der Waals surface area contributed by atoms with E-state index in [1.165, 1.54) is 44.6 Å². The van der Waals surface area contributed by atoms with Gasteiger partial charge in [0.25, 0.3) is 0 Å². The summed E-state index contributed by atoms with van der Waals surface area (Å²) in [6, 6.07) is 4.88. The van der Waals surface area contributed by atoms with Crippen LogP contribution in [0.25, 0.3) is 10.8 Å². The second-order valence-corrected chi connectivity index (χ2v) is 9.68. The fraction of sp³-hybridized carbons (Fsp3) is 0.630. The molecule has 2 aromatic rings. The van der Waals surface area contributed by atoms with Crippen molar-refractivity contribution in [3.05, 3.63) is 41.2 Å². The van der Waals surface area contributed by atoms with Crippen LogP contribution in [-0.4, -0.2) is 6.61 Å². The molecule has 0 N–H and O–H groups in total. The molecule has 0 atom stereocenters. The Hall–Kier alpha value is -1.71. The number of benzene rings is 2. The SMILES string of the molecule is CCCC1CCC(C2CCC(c3ccc4cc(OCC)c(F)c(F)c4c3F)CC2)CC1. The lowest BCUT2D eigenvalue weighted by Gasteiger charge is -2.38. The molecule has 1 nitrogen and oxygen atoms in total. The predicted octanol–water partition coefficient (Wildman–Crippen LogP) is 8.54. The molecule has 0 aromatic heterocycles. The maximum atomic E-state index is 15.3. The summed E-state index contributed by atoms with van der Waals surface area (Å²) in [5, 5.41) is 0.107. The van der Waals surface area contributed by atoms with Gasteiger partial charge in [-0.15, -0.1) is 0 Å². The number of hydrogen-bond donors (Lipinski definition) is 0. The van der Waals surface area contributed by atoms with E-state index in [4.69, 9.17) is 4.74 Å². The highest BCUT2D eigenvalue weighted by Crippen LogP contribution is 2.45. The van der Waals surface area contributed by atoms with Crippen LogP contribution in [0, 0.1) is 35.2 Å². The first-order valence-corrected chi connectivity index (χ1v) is 12.3. The molecule has 170 valence electrons. The summed E-state index contributed by atoms with van der Waals surface area (Å²) in [5.74, 6) is -0.432. The summed E-state index contributed by atoms with van der Waals surface area (Å²) in [7, 11) is 0. The Labute approximate surface area is 184 Å². The van der Waals surface area contributed by atoms with Crippen molar-refractivity contribution in [3.63, 3.8) is 0 Å². The molecule has 2 aliphatic rings. The molecular formula is C27H35F3O. The van der Waals surface area contributed by atoms with Crippen LogP contribution in [0.5, 0.6) is 5.75 Å². The van der Waals surface area contributed by atoms with Gasteiger partial charge in [0.15, 0.2) is 11.6 Å². The zero-order valence-corrected chi connectivity index (χ0v) is 18.9. The Bertz CT molecular complexity index is 893. The lowest BCUT2D eigenvalue weighted by Crippen LogP contribution is -2.25. The van der Waals surface area contributed by atoms with Gasteiger partial charge in [-0.25, -0.2) is 8.78 Å². The van der Waals surface area contributed by atoms with Crippen molar-refractivity contribution >= 4 is 10.8 Å². The van der Waals surface area contributed by atoms with Gasteiger partial charge in [-0.2, -0.15) is 4.39 Å². The maximum absolute atomic E-state index is 15.3. The number of fused-ring (bicyclic) bond motifs is 1.